The van der Waals surface area contributed by atoms with Crippen LogP contribution in [0.5, 0.6) is 0 Å². The Morgan fingerprint density at radius 1 is 1.00 bits per heavy atom. The number of hydrogen-bond acceptors (Lipinski definition) is 5. The van der Waals surface area contributed by atoms with Gasteiger partial charge < -0.3 is 19.5 Å². The molecule has 2 heterocycles. The van der Waals surface area contributed by atoms with Crippen LogP contribution in [-0.2, 0) is 18.5 Å². The van der Waals surface area contributed by atoms with Crippen LogP contribution >= 0.6 is 24.0 Å². The van der Waals surface area contributed by atoms with Gasteiger partial charge in [0.25, 0.3) is 0 Å². The van der Waals surface area contributed by atoms with Crippen LogP contribution in [0, 0.1) is 6.92 Å². The van der Waals surface area contributed by atoms with Gasteiger partial charge in [-0.05, 0) is 13.8 Å². The highest BCUT2D eigenvalue weighted by atomic mass is 127. The third-order valence-corrected chi connectivity index (χ3v) is 4.31. The first-order valence-corrected chi connectivity index (χ1v) is 9.84. The van der Waals surface area contributed by atoms with Crippen LogP contribution < -0.4 is 10.6 Å². The third-order valence-electron chi connectivity index (χ3n) is 4.31. The molecule has 0 aliphatic heterocycles. The molecule has 3 aromatic rings. The molecule has 0 spiro atoms. The number of nitrogens with one attached hydrogen (secondary N) is 2. The summed E-state index contributed by atoms with van der Waals surface area (Å²) in [5, 5.41) is 6.44. The minimum atomic E-state index is -0.0716. The van der Waals surface area contributed by atoms with Crippen molar-refractivity contribution in [3.8, 4) is 11.3 Å². The quantitative estimate of drug-likeness (QED) is 0.274. The van der Waals surface area contributed by atoms with E-state index < -0.39 is 0 Å². The van der Waals surface area contributed by atoms with E-state index in [9.17, 15) is 0 Å². The average Bonchev–Trinajstić information content (AvgIpc) is 3.34. The topological polar surface area (TPSA) is 88.5 Å². The maximum atomic E-state index is 5.85. The molecule has 0 atom stereocenters. The van der Waals surface area contributed by atoms with Crippen molar-refractivity contribution in [1.82, 2.24) is 20.6 Å². The largest absolute Gasteiger partial charge is 0.443 e. The molecule has 0 bridgehead atoms. The maximum Gasteiger partial charge on any atom is 0.216 e. The lowest BCUT2D eigenvalue weighted by Crippen LogP contribution is -2.36. The van der Waals surface area contributed by atoms with E-state index in [1.165, 1.54) is 5.56 Å². The van der Waals surface area contributed by atoms with Gasteiger partial charge in [0, 0.05) is 17.5 Å². The minimum Gasteiger partial charge on any atom is -0.443 e. The first-order valence-electron chi connectivity index (χ1n) is 9.84. The van der Waals surface area contributed by atoms with E-state index in [4.69, 9.17) is 8.83 Å². The van der Waals surface area contributed by atoms with Gasteiger partial charge in [0.1, 0.15) is 12.3 Å². The van der Waals surface area contributed by atoms with Crippen molar-refractivity contribution in [3.05, 3.63) is 59.8 Å². The molecular weight excluding hydrogens is 493 g/mol. The molecule has 0 saturated heterocycles. The van der Waals surface area contributed by atoms with Gasteiger partial charge >= 0.3 is 0 Å². The summed E-state index contributed by atoms with van der Waals surface area (Å²) in [6.45, 7) is 11.9. The molecule has 0 saturated carbocycles. The van der Waals surface area contributed by atoms with Crippen LogP contribution in [0.4, 0.5) is 0 Å². The monoisotopic (exact) mass is 523 g/mol. The molecule has 1 aromatic carbocycles. The van der Waals surface area contributed by atoms with Crippen molar-refractivity contribution in [2.45, 2.75) is 53.1 Å². The van der Waals surface area contributed by atoms with Crippen molar-refractivity contribution in [2.24, 2.45) is 4.99 Å². The van der Waals surface area contributed by atoms with E-state index in [0.717, 1.165) is 23.6 Å². The molecule has 7 nitrogen and oxygen atoms in total. The lowest BCUT2D eigenvalue weighted by Gasteiger charge is -2.13. The zero-order valence-corrected chi connectivity index (χ0v) is 20.5. The number of aromatic nitrogens is 2. The van der Waals surface area contributed by atoms with E-state index in [0.29, 0.717) is 30.8 Å². The Morgan fingerprint density at radius 2 is 1.70 bits per heavy atom. The zero-order valence-electron chi connectivity index (χ0n) is 18.2. The fraction of sp³-hybridized carbons (Fsp3) is 0.409. The number of hydrogen-bond donors (Lipinski definition) is 2. The van der Waals surface area contributed by atoms with E-state index in [-0.39, 0.29) is 29.4 Å². The standard InChI is InChI=1S/C22H29N5O2.HI/c1-6-23-21(27-14-20-25-12-18(29-20)22(3,4)5)26-13-19-24-11-17(28-19)16-9-7-15(2)8-10-16;/h7-12H,6,13-14H2,1-5H3,(H2,23,26,27);1H. The van der Waals surface area contributed by atoms with Crippen molar-refractivity contribution in [2.75, 3.05) is 6.54 Å². The Balaban J connectivity index is 0.00000320. The highest BCUT2D eigenvalue weighted by molar-refractivity contribution is 14.0. The fourth-order valence-electron chi connectivity index (χ4n) is 2.62. The number of aliphatic imine (C=N–C) groups is 1. The summed E-state index contributed by atoms with van der Waals surface area (Å²) < 4.78 is 11.6. The number of rotatable bonds is 6. The van der Waals surface area contributed by atoms with E-state index in [1.54, 1.807) is 12.4 Å². The number of benzene rings is 1. The summed E-state index contributed by atoms with van der Waals surface area (Å²) in [5.74, 6) is 3.43. The third kappa shape index (κ3) is 6.58. The smallest absolute Gasteiger partial charge is 0.216 e. The van der Waals surface area contributed by atoms with Gasteiger partial charge in [-0.3, -0.25) is 0 Å². The summed E-state index contributed by atoms with van der Waals surface area (Å²) in [5.41, 5.74) is 2.15. The molecule has 30 heavy (non-hydrogen) atoms. The van der Waals surface area contributed by atoms with Crippen molar-refractivity contribution >= 4 is 29.9 Å². The molecule has 162 valence electrons. The molecule has 2 aromatic heterocycles. The molecule has 0 amide bonds. The molecule has 0 unspecified atom stereocenters. The molecular formula is C22H30IN5O2. The van der Waals surface area contributed by atoms with Crippen LogP contribution in [0.15, 0.2) is 50.5 Å². The predicted molar refractivity (Wildman–Crippen MR) is 129 cm³/mol. The summed E-state index contributed by atoms with van der Waals surface area (Å²) in [6.07, 6.45) is 3.51. The second-order valence-corrected chi connectivity index (χ2v) is 7.90. The van der Waals surface area contributed by atoms with Gasteiger partial charge in [0.05, 0.1) is 18.9 Å². The zero-order chi connectivity index (χ0) is 20.9. The van der Waals surface area contributed by atoms with Crippen molar-refractivity contribution in [1.29, 1.82) is 0 Å². The minimum absolute atomic E-state index is 0. The first-order chi connectivity index (χ1) is 13.8. The first kappa shape index (κ1) is 23.9. The van der Waals surface area contributed by atoms with Gasteiger partial charge in [0.15, 0.2) is 11.7 Å². The number of halogens is 1. The number of guanidine groups is 1. The van der Waals surface area contributed by atoms with Gasteiger partial charge in [-0.2, -0.15) is 0 Å². The summed E-state index contributed by atoms with van der Waals surface area (Å²) in [6, 6.07) is 8.17. The second-order valence-electron chi connectivity index (χ2n) is 7.90. The molecule has 0 fully saturated rings. The molecule has 8 heteroatoms. The molecule has 3 rings (SSSR count). The van der Waals surface area contributed by atoms with Crippen molar-refractivity contribution < 1.29 is 8.83 Å². The summed E-state index contributed by atoms with van der Waals surface area (Å²) >= 11 is 0. The lowest BCUT2D eigenvalue weighted by molar-refractivity contribution is 0.383. The fourth-order valence-corrected chi connectivity index (χ4v) is 2.62. The molecule has 2 N–H and O–H groups in total. The SMILES string of the molecule is CCNC(=NCc1ncc(C(C)(C)C)o1)NCc1ncc(-c2ccc(C)cc2)o1.I. The highest BCUT2D eigenvalue weighted by Crippen LogP contribution is 2.23. The Bertz CT molecular complexity index is 955. The predicted octanol–water partition coefficient (Wildman–Crippen LogP) is 4.81. The van der Waals surface area contributed by atoms with Gasteiger partial charge in [0.2, 0.25) is 11.8 Å². The highest BCUT2D eigenvalue weighted by Gasteiger charge is 2.19. The number of aryl methyl sites for hydroxylation is 1. The van der Waals surface area contributed by atoms with Crippen LogP contribution in [0.3, 0.4) is 0 Å². The van der Waals surface area contributed by atoms with Gasteiger partial charge in [-0.1, -0.05) is 50.6 Å². The Kier molecular flexibility index (Phi) is 8.45. The normalized spacial score (nSPS) is 11.8. The van der Waals surface area contributed by atoms with E-state index >= 15 is 0 Å². The van der Waals surface area contributed by atoms with Crippen molar-refractivity contribution in [3.63, 3.8) is 0 Å². The van der Waals surface area contributed by atoms with Gasteiger partial charge in [-0.25, -0.2) is 15.0 Å². The van der Waals surface area contributed by atoms with E-state index in [1.807, 2.05) is 19.1 Å². The molecule has 0 aliphatic carbocycles. The Hall–Kier alpha value is -2.36. The molecule has 0 radical (unpaired) electrons. The number of oxazole rings is 2. The van der Waals surface area contributed by atoms with Crippen LogP contribution in [0.2, 0.25) is 0 Å². The summed E-state index contributed by atoms with van der Waals surface area (Å²) in [4.78, 5) is 13.2. The Morgan fingerprint density at radius 3 is 2.33 bits per heavy atom. The Labute approximate surface area is 194 Å². The van der Waals surface area contributed by atoms with Crippen LogP contribution in [0.25, 0.3) is 11.3 Å². The lowest BCUT2D eigenvalue weighted by atomic mass is 9.94. The number of nitrogens with zero attached hydrogens (tertiary/aromatic N) is 3. The van der Waals surface area contributed by atoms with Gasteiger partial charge in [-0.15, -0.1) is 24.0 Å². The summed E-state index contributed by atoms with van der Waals surface area (Å²) in [7, 11) is 0. The molecule has 0 aliphatic rings. The average molecular weight is 523 g/mol. The van der Waals surface area contributed by atoms with Crippen LogP contribution in [-0.4, -0.2) is 22.5 Å². The van der Waals surface area contributed by atoms with Crippen LogP contribution in [0.1, 0.15) is 50.8 Å². The maximum absolute atomic E-state index is 5.85. The second kappa shape index (κ2) is 10.6. The van der Waals surface area contributed by atoms with E-state index in [2.05, 4.69) is 65.4 Å².